The number of anilines is 1. The Hall–Kier alpha value is -0.830. The molecule has 1 aromatic carbocycles. The van der Waals surface area contributed by atoms with Crippen LogP contribution in [0.5, 0.6) is 0 Å². The molecular formula is C11H14BrNO. The number of carbonyl (C=O) groups excluding carboxylic acids is 1. The molecule has 0 amide bonds. The Balaban J connectivity index is 2.76. The molecule has 0 aliphatic carbocycles. The van der Waals surface area contributed by atoms with Crippen molar-refractivity contribution in [3.63, 3.8) is 0 Å². The van der Waals surface area contributed by atoms with Crippen LogP contribution in [0.25, 0.3) is 0 Å². The summed E-state index contributed by atoms with van der Waals surface area (Å²) in [6, 6.07) is 5.31. The fraction of sp³-hybridized carbons (Fsp3) is 0.364. The van der Waals surface area contributed by atoms with E-state index in [4.69, 9.17) is 5.73 Å². The van der Waals surface area contributed by atoms with Crippen LogP contribution < -0.4 is 5.73 Å². The monoisotopic (exact) mass is 255 g/mol. The average Bonchev–Trinajstić information content (AvgIpc) is 2.18. The summed E-state index contributed by atoms with van der Waals surface area (Å²) in [6.07, 6.45) is 2.61. The van der Waals surface area contributed by atoms with E-state index in [-0.39, 0.29) is 5.78 Å². The summed E-state index contributed by atoms with van der Waals surface area (Å²) >= 11 is 3.31. The third kappa shape index (κ3) is 2.84. The van der Waals surface area contributed by atoms with Gasteiger partial charge in [0.25, 0.3) is 0 Å². The zero-order chi connectivity index (χ0) is 10.6. The van der Waals surface area contributed by atoms with Gasteiger partial charge in [0, 0.05) is 22.1 Å². The highest BCUT2D eigenvalue weighted by Crippen LogP contribution is 2.21. The third-order valence-electron chi connectivity index (χ3n) is 2.08. The van der Waals surface area contributed by atoms with Crippen LogP contribution >= 0.6 is 15.9 Å². The molecule has 14 heavy (non-hydrogen) atoms. The lowest BCUT2D eigenvalue weighted by molar-refractivity contribution is 0.0980. The Morgan fingerprint density at radius 1 is 1.50 bits per heavy atom. The minimum atomic E-state index is 0.188. The van der Waals surface area contributed by atoms with Crippen LogP contribution in [0, 0.1) is 0 Å². The lowest BCUT2D eigenvalue weighted by atomic mass is 10.1. The van der Waals surface area contributed by atoms with Crippen molar-refractivity contribution in [1.82, 2.24) is 0 Å². The Labute approximate surface area is 92.6 Å². The summed E-state index contributed by atoms with van der Waals surface area (Å²) in [7, 11) is 0. The molecule has 76 valence electrons. The maximum absolute atomic E-state index is 11.6. The SMILES string of the molecule is CCCCC(=O)c1ccc(N)c(Br)c1. The van der Waals surface area contributed by atoms with Crippen molar-refractivity contribution >= 4 is 27.4 Å². The topological polar surface area (TPSA) is 43.1 Å². The number of benzene rings is 1. The molecule has 0 aliphatic heterocycles. The molecule has 0 fully saturated rings. The van der Waals surface area contributed by atoms with Gasteiger partial charge in [-0.15, -0.1) is 0 Å². The number of halogens is 1. The van der Waals surface area contributed by atoms with E-state index in [0.717, 1.165) is 22.9 Å². The Morgan fingerprint density at radius 3 is 2.79 bits per heavy atom. The number of carbonyl (C=O) groups is 1. The van der Waals surface area contributed by atoms with E-state index in [9.17, 15) is 4.79 Å². The van der Waals surface area contributed by atoms with Crippen molar-refractivity contribution in [3.8, 4) is 0 Å². The van der Waals surface area contributed by atoms with Crippen LogP contribution in [-0.2, 0) is 0 Å². The number of Topliss-reactive ketones (excluding diaryl/α,β-unsaturated/α-hetero) is 1. The van der Waals surface area contributed by atoms with Crippen LogP contribution in [0.3, 0.4) is 0 Å². The Bertz CT molecular complexity index is 336. The molecule has 1 rings (SSSR count). The minimum absolute atomic E-state index is 0.188. The molecule has 0 aliphatic rings. The smallest absolute Gasteiger partial charge is 0.162 e. The summed E-state index contributed by atoms with van der Waals surface area (Å²) in [4.78, 5) is 11.6. The van der Waals surface area contributed by atoms with Gasteiger partial charge in [0.05, 0.1) is 0 Å². The number of ketones is 1. The van der Waals surface area contributed by atoms with E-state index in [2.05, 4.69) is 22.9 Å². The van der Waals surface area contributed by atoms with E-state index in [0.29, 0.717) is 12.1 Å². The van der Waals surface area contributed by atoms with Gasteiger partial charge in [0.1, 0.15) is 0 Å². The number of nitrogen functional groups attached to an aromatic ring is 1. The van der Waals surface area contributed by atoms with Gasteiger partial charge in [-0.2, -0.15) is 0 Å². The van der Waals surface area contributed by atoms with Crippen molar-refractivity contribution in [2.45, 2.75) is 26.2 Å². The van der Waals surface area contributed by atoms with E-state index in [1.165, 1.54) is 0 Å². The normalized spacial score (nSPS) is 10.1. The van der Waals surface area contributed by atoms with Gasteiger partial charge in [0.15, 0.2) is 5.78 Å². The van der Waals surface area contributed by atoms with Gasteiger partial charge in [-0.25, -0.2) is 0 Å². The minimum Gasteiger partial charge on any atom is -0.398 e. The van der Waals surface area contributed by atoms with Gasteiger partial charge in [0.2, 0.25) is 0 Å². The summed E-state index contributed by atoms with van der Waals surface area (Å²) < 4.78 is 0.792. The highest BCUT2D eigenvalue weighted by molar-refractivity contribution is 9.10. The van der Waals surface area contributed by atoms with Gasteiger partial charge < -0.3 is 5.73 Å². The zero-order valence-electron chi connectivity index (χ0n) is 8.22. The molecule has 0 aromatic heterocycles. The molecule has 0 atom stereocenters. The van der Waals surface area contributed by atoms with Crippen molar-refractivity contribution in [1.29, 1.82) is 0 Å². The van der Waals surface area contributed by atoms with Gasteiger partial charge in [-0.1, -0.05) is 13.3 Å². The molecule has 2 N–H and O–H groups in total. The standard InChI is InChI=1S/C11H14BrNO/c1-2-3-4-11(14)8-5-6-10(13)9(12)7-8/h5-7H,2-4,13H2,1H3. The number of hydrogen-bond donors (Lipinski definition) is 1. The number of nitrogens with two attached hydrogens (primary N) is 1. The summed E-state index contributed by atoms with van der Waals surface area (Å²) in [5.74, 6) is 0.188. The maximum atomic E-state index is 11.6. The Morgan fingerprint density at radius 2 is 2.21 bits per heavy atom. The van der Waals surface area contributed by atoms with Crippen LogP contribution in [0.2, 0.25) is 0 Å². The summed E-state index contributed by atoms with van der Waals surface area (Å²) in [5.41, 5.74) is 7.03. The lowest BCUT2D eigenvalue weighted by Gasteiger charge is -2.02. The predicted octanol–water partition coefficient (Wildman–Crippen LogP) is 3.40. The first kappa shape index (κ1) is 11.2. The third-order valence-corrected chi connectivity index (χ3v) is 2.77. The molecule has 0 radical (unpaired) electrons. The van der Waals surface area contributed by atoms with Crippen molar-refractivity contribution in [3.05, 3.63) is 28.2 Å². The van der Waals surface area contributed by atoms with Crippen LogP contribution in [-0.4, -0.2) is 5.78 Å². The summed E-state index contributed by atoms with van der Waals surface area (Å²) in [6.45, 7) is 2.08. The number of rotatable bonds is 4. The van der Waals surface area contributed by atoms with Crippen molar-refractivity contribution < 1.29 is 4.79 Å². The van der Waals surface area contributed by atoms with Gasteiger partial charge in [-0.05, 0) is 40.5 Å². The Kier molecular flexibility index (Phi) is 4.14. The molecule has 0 bridgehead atoms. The molecular weight excluding hydrogens is 242 g/mol. The molecule has 1 aromatic rings. The van der Waals surface area contributed by atoms with E-state index in [1.54, 1.807) is 18.2 Å². The largest absolute Gasteiger partial charge is 0.398 e. The quantitative estimate of drug-likeness (QED) is 0.662. The zero-order valence-corrected chi connectivity index (χ0v) is 9.80. The van der Waals surface area contributed by atoms with Crippen LogP contribution in [0.4, 0.5) is 5.69 Å². The first-order valence-corrected chi connectivity index (χ1v) is 5.52. The molecule has 0 unspecified atom stereocenters. The second-order valence-electron chi connectivity index (χ2n) is 3.26. The highest BCUT2D eigenvalue weighted by Gasteiger charge is 2.06. The maximum Gasteiger partial charge on any atom is 0.162 e. The molecule has 2 nitrogen and oxygen atoms in total. The number of hydrogen-bond acceptors (Lipinski definition) is 2. The first-order valence-electron chi connectivity index (χ1n) is 4.73. The van der Waals surface area contributed by atoms with E-state index >= 15 is 0 Å². The number of unbranched alkanes of at least 4 members (excludes halogenated alkanes) is 1. The molecule has 3 heteroatoms. The molecule has 0 heterocycles. The van der Waals surface area contributed by atoms with E-state index in [1.807, 2.05) is 0 Å². The van der Waals surface area contributed by atoms with Crippen molar-refractivity contribution in [2.24, 2.45) is 0 Å². The van der Waals surface area contributed by atoms with Crippen LogP contribution in [0.1, 0.15) is 36.5 Å². The average molecular weight is 256 g/mol. The first-order chi connectivity index (χ1) is 6.65. The highest BCUT2D eigenvalue weighted by atomic mass is 79.9. The van der Waals surface area contributed by atoms with E-state index < -0.39 is 0 Å². The fourth-order valence-electron chi connectivity index (χ4n) is 1.18. The van der Waals surface area contributed by atoms with Gasteiger partial charge in [-0.3, -0.25) is 4.79 Å². The molecule has 0 spiro atoms. The van der Waals surface area contributed by atoms with Crippen molar-refractivity contribution in [2.75, 3.05) is 5.73 Å². The molecule has 0 saturated carbocycles. The lowest BCUT2D eigenvalue weighted by Crippen LogP contribution is -1.99. The van der Waals surface area contributed by atoms with Gasteiger partial charge >= 0.3 is 0 Å². The summed E-state index contributed by atoms with van der Waals surface area (Å²) in [5, 5.41) is 0. The molecule has 0 saturated heterocycles. The predicted molar refractivity (Wildman–Crippen MR) is 62.4 cm³/mol. The van der Waals surface area contributed by atoms with Crippen LogP contribution in [0.15, 0.2) is 22.7 Å². The second kappa shape index (κ2) is 5.15. The second-order valence-corrected chi connectivity index (χ2v) is 4.12. The fourth-order valence-corrected chi connectivity index (χ4v) is 1.56.